The summed E-state index contributed by atoms with van der Waals surface area (Å²) in [5.41, 5.74) is 3.15. The van der Waals surface area contributed by atoms with Gasteiger partial charge in [0.15, 0.2) is 5.17 Å². The summed E-state index contributed by atoms with van der Waals surface area (Å²) >= 11 is 1.39. The van der Waals surface area contributed by atoms with Crippen molar-refractivity contribution in [1.82, 2.24) is 15.2 Å². The zero-order valence-electron chi connectivity index (χ0n) is 17.6. The Balaban J connectivity index is 1.28. The van der Waals surface area contributed by atoms with E-state index in [-0.39, 0.29) is 11.9 Å². The SMILES string of the molecule is O=C1N=C(NCC(c2ccccc2)N2CCOCC2)S/C1=C\c1ccc2ncccc2c1. The van der Waals surface area contributed by atoms with Crippen molar-refractivity contribution < 1.29 is 9.53 Å². The second kappa shape index (κ2) is 9.65. The molecule has 1 saturated heterocycles. The Hall–Kier alpha value is -3.00. The molecule has 1 atom stereocenters. The summed E-state index contributed by atoms with van der Waals surface area (Å²) in [5.74, 6) is -0.202. The molecule has 1 unspecified atom stereocenters. The number of amidine groups is 1. The normalized spacial score (nSPS) is 19.3. The van der Waals surface area contributed by atoms with Crippen LogP contribution in [-0.2, 0) is 9.53 Å². The molecule has 3 heterocycles. The smallest absolute Gasteiger partial charge is 0.286 e. The fourth-order valence-electron chi connectivity index (χ4n) is 4.03. The molecular formula is C25H24N4O2S. The molecule has 3 aromatic rings. The largest absolute Gasteiger partial charge is 0.379 e. The van der Waals surface area contributed by atoms with Gasteiger partial charge in [0.1, 0.15) is 0 Å². The van der Waals surface area contributed by atoms with Crippen LogP contribution >= 0.6 is 11.8 Å². The summed E-state index contributed by atoms with van der Waals surface area (Å²) in [6, 6.07) is 20.6. The Kier molecular flexibility index (Phi) is 6.29. The highest BCUT2D eigenvalue weighted by Crippen LogP contribution is 2.29. The maximum atomic E-state index is 12.5. The van der Waals surface area contributed by atoms with E-state index >= 15 is 0 Å². The number of nitrogens with one attached hydrogen (secondary N) is 1. The number of nitrogens with zero attached hydrogens (tertiary/aromatic N) is 3. The van der Waals surface area contributed by atoms with E-state index in [1.165, 1.54) is 17.3 Å². The monoisotopic (exact) mass is 444 g/mol. The van der Waals surface area contributed by atoms with Gasteiger partial charge in [0.05, 0.1) is 29.7 Å². The maximum Gasteiger partial charge on any atom is 0.286 e. The summed E-state index contributed by atoms with van der Waals surface area (Å²) in [6.07, 6.45) is 3.68. The second-order valence-corrected chi connectivity index (χ2v) is 8.77. The second-order valence-electron chi connectivity index (χ2n) is 7.74. The van der Waals surface area contributed by atoms with Gasteiger partial charge in [-0.15, -0.1) is 0 Å². The average molecular weight is 445 g/mol. The number of aliphatic imine (C=N–C) groups is 1. The van der Waals surface area contributed by atoms with Gasteiger partial charge in [-0.05, 0) is 47.2 Å². The highest BCUT2D eigenvalue weighted by Gasteiger charge is 2.26. The lowest BCUT2D eigenvalue weighted by Crippen LogP contribution is -2.43. The number of amides is 1. The predicted octanol–water partition coefficient (Wildman–Crippen LogP) is 3.87. The maximum absolute atomic E-state index is 12.5. The molecule has 5 rings (SSSR count). The molecular weight excluding hydrogens is 420 g/mol. The highest BCUT2D eigenvalue weighted by atomic mass is 32.2. The topological polar surface area (TPSA) is 66.8 Å². The van der Waals surface area contributed by atoms with Gasteiger partial charge in [-0.2, -0.15) is 4.99 Å². The number of carbonyl (C=O) groups is 1. The molecule has 1 N–H and O–H groups in total. The highest BCUT2D eigenvalue weighted by molar-refractivity contribution is 8.18. The zero-order valence-corrected chi connectivity index (χ0v) is 18.4. The first-order valence-electron chi connectivity index (χ1n) is 10.7. The standard InChI is InChI=1S/C25H24N4O2S/c30-24-23(16-18-8-9-21-20(15-18)7-4-10-26-21)32-25(28-24)27-17-22(19-5-2-1-3-6-19)29-11-13-31-14-12-29/h1-10,15-16,22H,11-14,17H2,(H,27,28,30)/b23-16-. The van der Waals surface area contributed by atoms with E-state index < -0.39 is 0 Å². The Bertz CT molecular complexity index is 1170. The molecule has 0 radical (unpaired) electrons. The molecule has 0 spiro atoms. The van der Waals surface area contributed by atoms with E-state index in [4.69, 9.17) is 4.74 Å². The number of ether oxygens (including phenoxy) is 1. The number of morpholine rings is 1. The molecule has 6 nitrogen and oxygen atoms in total. The van der Waals surface area contributed by atoms with Crippen molar-refractivity contribution in [3.63, 3.8) is 0 Å². The first kappa shape index (κ1) is 20.9. The van der Waals surface area contributed by atoms with E-state index in [0.29, 0.717) is 16.6 Å². The minimum atomic E-state index is -0.202. The molecule has 2 aliphatic rings. The Morgan fingerprint density at radius 2 is 1.94 bits per heavy atom. The third kappa shape index (κ3) is 4.75. The lowest BCUT2D eigenvalue weighted by Gasteiger charge is -2.35. The molecule has 0 aliphatic carbocycles. The van der Waals surface area contributed by atoms with Crippen LogP contribution in [0.3, 0.4) is 0 Å². The van der Waals surface area contributed by atoms with Crippen molar-refractivity contribution in [3.05, 3.63) is 82.9 Å². The number of rotatable bonds is 5. The van der Waals surface area contributed by atoms with Crippen molar-refractivity contribution in [3.8, 4) is 0 Å². The van der Waals surface area contributed by atoms with Crippen LogP contribution in [0.2, 0.25) is 0 Å². The number of hydrogen-bond acceptors (Lipinski definition) is 6. The molecule has 2 aromatic carbocycles. The summed E-state index contributed by atoms with van der Waals surface area (Å²) in [4.78, 5) is 24.2. The predicted molar refractivity (Wildman–Crippen MR) is 129 cm³/mol. The lowest BCUT2D eigenvalue weighted by molar-refractivity contribution is -0.113. The van der Waals surface area contributed by atoms with Gasteiger partial charge < -0.3 is 10.1 Å². The average Bonchev–Trinajstić information content (AvgIpc) is 3.19. The fraction of sp³-hybridized carbons (Fsp3) is 0.240. The number of carbonyl (C=O) groups excluding carboxylic acids is 1. The van der Waals surface area contributed by atoms with Crippen LogP contribution in [0.4, 0.5) is 0 Å². The fourth-order valence-corrected chi connectivity index (χ4v) is 4.85. The molecule has 162 valence electrons. The molecule has 0 bridgehead atoms. The van der Waals surface area contributed by atoms with Crippen LogP contribution in [0.5, 0.6) is 0 Å². The molecule has 1 amide bonds. The summed E-state index contributed by atoms with van der Waals surface area (Å²) < 4.78 is 5.53. The van der Waals surface area contributed by atoms with Crippen LogP contribution in [0.1, 0.15) is 17.2 Å². The van der Waals surface area contributed by atoms with Crippen molar-refractivity contribution in [2.45, 2.75) is 6.04 Å². The Morgan fingerprint density at radius 3 is 2.78 bits per heavy atom. The minimum absolute atomic E-state index is 0.194. The number of benzene rings is 2. The third-order valence-electron chi connectivity index (χ3n) is 5.66. The van der Waals surface area contributed by atoms with Crippen LogP contribution in [0.15, 0.2) is 76.8 Å². The van der Waals surface area contributed by atoms with E-state index in [2.05, 4.69) is 44.5 Å². The van der Waals surface area contributed by atoms with Gasteiger partial charge in [-0.3, -0.25) is 14.7 Å². The molecule has 0 saturated carbocycles. The summed E-state index contributed by atoms with van der Waals surface area (Å²) in [6.45, 7) is 3.94. The van der Waals surface area contributed by atoms with Crippen molar-refractivity contribution >= 4 is 39.8 Å². The number of pyridine rings is 1. The van der Waals surface area contributed by atoms with E-state index in [0.717, 1.165) is 42.8 Å². The van der Waals surface area contributed by atoms with Crippen molar-refractivity contribution in [1.29, 1.82) is 0 Å². The quantitative estimate of drug-likeness (QED) is 0.603. The van der Waals surface area contributed by atoms with Gasteiger partial charge in [0, 0.05) is 31.2 Å². The van der Waals surface area contributed by atoms with Crippen molar-refractivity contribution in [2.24, 2.45) is 4.99 Å². The Labute approximate surface area is 191 Å². The molecule has 1 aromatic heterocycles. The molecule has 1 fully saturated rings. The number of hydrogen-bond donors (Lipinski definition) is 1. The first-order valence-corrected chi connectivity index (χ1v) is 11.6. The van der Waals surface area contributed by atoms with Gasteiger partial charge in [0.2, 0.25) is 0 Å². The van der Waals surface area contributed by atoms with E-state index in [9.17, 15) is 4.79 Å². The van der Waals surface area contributed by atoms with Crippen molar-refractivity contribution in [2.75, 3.05) is 32.8 Å². The van der Waals surface area contributed by atoms with Gasteiger partial charge in [-0.25, -0.2) is 0 Å². The van der Waals surface area contributed by atoms with Gasteiger partial charge in [-0.1, -0.05) is 42.5 Å². The first-order chi connectivity index (χ1) is 15.8. The summed E-state index contributed by atoms with van der Waals surface area (Å²) in [7, 11) is 0. The number of aromatic nitrogens is 1. The van der Waals surface area contributed by atoms with Gasteiger partial charge >= 0.3 is 0 Å². The molecule has 32 heavy (non-hydrogen) atoms. The van der Waals surface area contributed by atoms with Gasteiger partial charge in [0.25, 0.3) is 5.91 Å². The zero-order chi connectivity index (χ0) is 21.8. The molecule has 2 aliphatic heterocycles. The van der Waals surface area contributed by atoms with Crippen LogP contribution in [0, 0.1) is 0 Å². The minimum Gasteiger partial charge on any atom is -0.379 e. The van der Waals surface area contributed by atoms with Crippen LogP contribution in [-0.4, -0.2) is 53.8 Å². The third-order valence-corrected chi connectivity index (χ3v) is 6.60. The number of thioether (sulfide) groups is 1. The number of fused-ring (bicyclic) bond motifs is 1. The summed E-state index contributed by atoms with van der Waals surface area (Å²) in [5, 5.41) is 5.11. The molecule has 7 heteroatoms. The van der Waals surface area contributed by atoms with E-state index in [1.807, 2.05) is 42.5 Å². The lowest BCUT2D eigenvalue weighted by atomic mass is 10.0. The van der Waals surface area contributed by atoms with E-state index in [1.54, 1.807) is 6.20 Å². The van der Waals surface area contributed by atoms with Crippen LogP contribution < -0.4 is 5.32 Å². The Morgan fingerprint density at radius 1 is 1.09 bits per heavy atom. The van der Waals surface area contributed by atoms with Crippen LogP contribution in [0.25, 0.3) is 17.0 Å².